The molecule has 25 heavy (non-hydrogen) atoms. The van der Waals surface area contributed by atoms with Crippen LogP contribution in [0.5, 0.6) is 5.75 Å². The number of esters is 1. The van der Waals surface area contributed by atoms with Gasteiger partial charge in [-0.05, 0) is 37.6 Å². The molecule has 0 heterocycles. The van der Waals surface area contributed by atoms with Crippen LogP contribution in [0.4, 0.5) is 5.69 Å². The number of amides is 1. The van der Waals surface area contributed by atoms with Gasteiger partial charge >= 0.3 is 5.97 Å². The summed E-state index contributed by atoms with van der Waals surface area (Å²) in [5, 5.41) is 3.05. The summed E-state index contributed by atoms with van der Waals surface area (Å²) in [6.45, 7) is 1.92. The van der Waals surface area contributed by atoms with Crippen molar-refractivity contribution in [2.24, 2.45) is 0 Å². The van der Waals surface area contributed by atoms with Crippen LogP contribution in [0, 0.1) is 0 Å². The fourth-order valence-electron chi connectivity index (χ4n) is 2.03. The molecule has 1 atom stereocenters. The molecule has 6 heteroatoms. The first-order valence-electron chi connectivity index (χ1n) is 7.99. The number of halogens is 1. The van der Waals surface area contributed by atoms with E-state index >= 15 is 0 Å². The molecule has 5 nitrogen and oxygen atoms in total. The first-order valence-corrected chi connectivity index (χ1v) is 8.37. The van der Waals surface area contributed by atoms with Gasteiger partial charge in [-0.3, -0.25) is 9.59 Å². The maximum atomic E-state index is 12.0. The molecule has 0 unspecified atom stereocenters. The second kappa shape index (κ2) is 9.69. The number of nitrogens with one attached hydrogen (secondary N) is 1. The number of hydrogen-bond acceptors (Lipinski definition) is 4. The number of para-hydroxylation sites is 2. The average Bonchev–Trinajstić information content (AvgIpc) is 2.61. The van der Waals surface area contributed by atoms with Crippen molar-refractivity contribution in [3.8, 4) is 5.75 Å². The van der Waals surface area contributed by atoms with E-state index < -0.39 is 18.0 Å². The summed E-state index contributed by atoms with van der Waals surface area (Å²) < 4.78 is 10.6. The van der Waals surface area contributed by atoms with Gasteiger partial charge in [0.05, 0.1) is 17.3 Å². The van der Waals surface area contributed by atoms with Crippen LogP contribution in [0.25, 0.3) is 0 Å². The van der Waals surface area contributed by atoms with E-state index in [4.69, 9.17) is 21.1 Å². The van der Waals surface area contributed by atoms with Crippen LogP contribution >= 0.6 is 11.6 Å². The van der Waals surface area contributed by atoms with E-state index in [1.54, 1.807) is 24.3 Å². The summed E-state index contributed by atoms with van der Waals surface area (Å²) in [5.41, 5.74) is 0.480. The molecule has 0 fully saturated rings. The third-order valence-electron chi connectivity index (χ3n) is 3.35. The second-order valence-corrected chi connectivity index (χ2v) is 5.77. The van der Waals surface area contributed by atoms with Crippen molar-refractivity contribution in [2.45, 2.75) is 25.9 Å². The van der Waals surface area contributed by atoms with Crippen molar-refractivity contribution in [3.63, 3.8) is 0 Å². The van der Waals surface area contributed by atoms with E-state index in [2.05, 4.69) is 5.32 Å². The maximum absolute atomic E-state index is 12.0. The number of anilines is 1. The lowest BCUT2D eigenvalue weighted by Gasteiger charge is -2.14. The standard InChI is InChI=1S/C19H20ClNO4/c1-14(19(23)21-17-11-6-5-10-16(17)20)25-18(22)12-7-13-24-15-8-3-2-4-9-15/h2-6,8-11,14H,7,12-13H2,1H3,(H,21,23)/t14-/m1/s1. The molecule has 2 aromatic rings. The van der Waals surface area contributed by atoms with Crippen LogP contribution in [0.1, 0.15) is 19.8 Å². The first-order chi connectivity index (χ1) is 12.1. The molecule has 1 N–H and O–H groups in total. The Balaban J connectivity index is 1.68. The van der Waals surface area contributed by atoms with Crippen molar-refractivity contribution >= 4 is 29.2 Å². The van der Waals surface area contributed by atoms with Crippen LogP contribution in [0.2, 0.25) is 5.02 Å². The minimum atomic E-state index is -0.904. The Labute approximate surface area is 151 Å². The third-order valence-corrected chi connectivity index (χ3v) is 3.68. The number of hydrogen-bond donors (Lipinski definition) is 1. The Morgan fingerprint density at radius 3 is 2.48 bits per heavy atom. The van der Waals surface area contributed by atoms with Gasteiger partial charge in [0, 0.05) is 6.42 Å². The monoisotopic (exact) mass is 361 g/mol. The molecule has 0 radical (unpaired) electrons. The van der Waals surface area contributed by atoms with Gasteiger partial charge in [0.25, 0.3) is 5.91 Å². The molecule has 0 aliphatic carbocycles. The Bertz CT molecular complexity index is 706. The van der Waals surface area contributed by atoms with E-state index in [1.165, 1.54) is 6.92 Å². The molecule has 2 rings (SSSR count). The summed E-state index contributed by atoms with van der Waals surface area (Å²) in [5.74, 6) is -0.121. The second-order valence-electron chi connectivity index (χ2n) is 5.37. The summed E-state index contributed by atoms with van der Waals surface area (Å²) in [6.07, 6.45) is -0.220. The van der Waals surface area contributed by atoms with Crippen molar-refractivity contribution in [2.75, 3.05) is 11.9 Å². The fourth-order valence-corrected chi connectivity index (χ4v) is 2.21. The predicted molar refractivity (Wildman–Crippen MR) is 96.8 cm³/mol. The van der Waals surface area contributed by atoms with E-state index in [9.17, 15) is 9.59 Å². The molecule has 0 saturated carbocycles. The zero-order valence-corrected chi connectivity index (χ0v) is 14.7. The first kappa shape index (κ1) is 18.8. The van der Waals surface area contributed by atoms with Crippen LogP contribution in [0.15, 0.2) is 54.6 Å². The highest BCUT2D eigenvalue weighted by Crippen LogP contribution is 2.20. The lowest BCUT2D eigenvalue weighted by molar-refractivity contribution is -0.153. The number of ether oxygens (including phenoxy) is 2. The highest BCUT2D eigenvalue weighted by Gasteiger charge is 2.18. The smallest absolute Gasteiger partial charge is 0.306 e. The molecule has 132 valence electrons. The summed E-state index contributed by atoms with van der Waals surface area (Å²) in [6, 6.07) is 16.2. The SMILES string of the molecule is C[C@@H](OC(=O)CCCOc1ccccc1)C(=O)Nc1ccccc1Cl. The lowest BCUT2D eigenvalue weighted by Crippen LogP contribution is -2.30. The van der Waals surface area contributed by atoms with Crippen LogP contribution in [-0.2, 0) is 14.3 Å². The van der Waals surface area contributed by atoms with Crippen molar-refractivity contribution in [1.29, 1.82) is 0 Å². The van der Waals surface area contributed by atoms with Gasteiger partial charge in [0.15, 0.2) is 6.10 Å². The average molecular weight is 362 g/mol. The van der Waals surface area contributed by atoms with E-state index in [-0.39, 0.29) is 6.42 Å². The van der Waals surface area contributed by atoms with Gasteiger partial charge in [-0.1, -0.05) is 41.9 Å². The minimum Gasteiger partial charge on any atom is -0.494 e. The molecule has 1 amide bonds. The molecule has 0 aromatic heterocycles. The van der Waals surface area contributed by atoms with Crippen LogP contribution < -0.4 is 10.1 Å². The highest BCUT2D eigenvalue weighted by molar-refractivity contribution is 6.33. The molecule has 0 aliphatic rings. The Morgan fingerprint density at radius 2 is 1.76 bits per heavy atom. The normalized spacial score (nSPS) is 11.4. The highest BCUT2D eigenvalue weighted by atomic mass is 35.5. The Morgan fingerprint density at radius 1 is 1.08 bits per heavy atom. The third kappa shape index (κ3) is 6.47. The number of carbonyl (C=O) groups excluding carboxylic acids is 2. The molecule has 0 bridgehead atoms. The molecule has 2 aromatic carbocycles. The molecule has 0 saturated heterocycles. The van der Waals surface area contributed by atoms with E-state index in [0.717, 1.165) is 5.75 Å². The van der Waals surface area contributed by atoms with Gasteiger partial charge in [-0.15, -0.1) is 0 Å². The van der Waals surface area contributed by atoms with Gasteiger partial charge in [0.1, 0.15) is 5.75 Å². The van der Waals surface area contributed by atoms with Crippen molar-refractivity contribution < 1.29 is 19.1 Å². The molecule has 0 spiro atoms. The number of rotatable bonds is 8. The number of benzene rings is 2. The zero-order valence-electron chi connectivity index (χ0n) is 13.9. The van der Waals surface area contributed by atoms with Crippen LogP contribution in [0.3, 0.4) is 0 Å². The Hall–Kier alpha value is -2.53. The molecule has 0 aliphatic heterocycles. The van der Waals surface area contributed by atoms with Crippen LogP contribution in [-0.4, -0.2) is 24.6 Å². The maximum Gasteiger partial charge on any atom is 0.306 e. The van der Waals surface area contributed by atoms with E-state index in [1.807, 2.05) is 30.3 Å². The van der Waals surface area contributed by atoms with Crippen molar-refractivity contribution in [1.82, 2.24) is 0 Å². The topological polar surface area (TPSA) is 64.6 Å². The largest absolute Gasteiger partial charge is 0.494 e. The van der Waals surface area contributed by atoms with Gasteiger partial charge < -0.3 is 14.8 Å². The molecular weight excluding hydrogens is 342 g/mol. The molecular formula is C19H20ClNO4. The lowest BCUT2D eigenvalue weighted by atomic mass is 10.3. The van der Waals surface area contributed by atoms with Gasteiger partial charge in [-0.25, -0.2) is 0 Å². The van der Waals surface area contributed by atoms with Gasteiger partial charge in [-0.2, -0.15) is 0 Å². The summed E-state index contributed by atoms with van der Waals surface area (Å²) in [4.78, 5) is 23.8. The van der Waals surface area contributed by atoms with Gasteiger partial charge in [0.2, 0.25) is 0 Å². The number of carbonyl (C=O) groups is 2. The van der Waals surface area contributed by atoms with E-state index in [0.29, 0.717) is 23.7 Å². The quantitative estimate of drug-likeness (QED) is 0.568. The minimum absolute atomic E-state index is 0.177. The fraction of sp³-hybridized carbons (Fsp3) is 0.263. The van der Waals surface area contributed by atoms with Crippen molar-refractivity contribution in [3.05, 3.63) is 59.6 Å². The zero-order chi connectivity index (χ0) is 18.1. The summed E-state index contributed by atoms with van der Waals surface area (Å²) >= 11 is 5.98. The predicted octanol–water partition coefficient (Wildman–Crippen LogP) is 4.07. The summed E-state index contributed by atoms with van der Waals surface area (Å²) in [7, 11) is 0. The Kier molecular flexibility index (Phi) is 7.29.